The number of amidine groups is 1. The Labute approximate surface area is 115 Å². The van der Waals surface area contributed by atoms with Crippen LogP contribution in [0.4, 0.5) is 4.39 Å². The van der Waals surface area contributed by atoms with Crippen molar-refractivity contribution in [1.82, 2.24) is 0 Å². The number of benzene rings is 2. The van der Waals surface area contributed by atoms with Gasteiger partial charge in [-0.2, -0.15) is 0 Å². The van der Waals surface area contributed by atoms with Crippen LogP contribution >= 0.6 is 11.6 Å². The van der Waals surface area contributed by atoms with E-state index >= 15 is 0 Å². The number of nitrogens with two attached hydrogens (primary N) is 1. The molecule has 0 spiro atoms. The molecule has 0 aliphatic heterocycles. The fourth-order valence-corrected chi connectivity index (χ4v) is 1.80. The summed E-state index contributed by atoms with van der Waals surface area (Å²) in [4.78, 5) is 0. The minimum Gasteiger partial charge on any atom is -0.457 e. The molecule has 3 nitrogen and oxygen atoms in total. The van der Waals surface area contributed by atoms with Crippen LogP contribution in [0.15, 0.2) is 36.4 Å². The molecule has 0 aliphatic carbocycles. The highest BCUT2D eigenvalue weighted by atomic mass is 35.5. The zero-order chi connectivity index (χ0) is 14.0. The van der Waals surface area contributed by atoms with Crippen molar-refractivity contribution in [3.05, 3.63) is 58.4 Å². The third-order valence-electron chi connectivity index (χ3n) is 2.61. The Kier molecular flexibility index (Phi) is 3.71. The second-order valence-electron chi connectivity index (χ2n) is 4.07. The molecule has 2 aromatic carbocycles. The van der Waals surface area contributed by atoms with Gasteiger partial charge in [-0.15, -0.1) is 0 Å². The van der Waals surface area contributed by atoms with Crippen molar-refractivity contribution in [2.75, 3.05) is 0 Å². The Bertz CT molecular complexity index is 643. The number of aryl methyl sites for hydroxylation is 1. The van der Waals surface area contributed by atoms with Crippen LogP contribution in [-0.4, -0.2) is 5.84 Å². The highest BCUT2D eigenvalue weighted by Gasteiger charge is 2.06. The molecule has 19 heavy (non-hydrogen) atoms. The van der Waals surface area contributed by atoms with Gasteiger partial charge in [-0.3, -0.25) is 5.41 Å². The zero-order valence-corrected chi connectivity index (χ0v) is 11.0. The van der Waals surface area contributed by atoms with E-state index in [9.17, 15) is 4.39 Å². The third-order valence-corrected chi connectivity index (χ3v) is 2.92. The standard InChI is InChI=1S/C14H12ClFN2O/c1-8-6-9(2-4-11(8)14(17)18)19-10-3-5-12(15)13(16)7-10/h2-7H,1H3,(H3,17,18). The summed E-state index contributed by atoms with van der Waals surface area (Å²) in [5.74, 6) is 0.374. The maximum absolute atomic E-state index is 13.3. The fourth-order valence-electron chi connectivity index (χ4n) is 1.68. The molecular weight excluding hydrogens is 267 g/mol. The largest absolute Gasteiger partial charge is 0.457 e. The van der Waals surface area contributed by atoms with Crippen LogP contribution in [0.5, 0.6) is 11.5 Å². The van der Waals surface area contributed by atoms with E-state index in [1.165, 1.54) is 12.1 Å². The summed E-state index contributed by atoms with van der Waals surface area (Å²) in [5.41, 5.74) is 6.90. The molecule has 0 saturated heterocycles. The minimum absolute atomic E-state index is 0.00147. The first-order valence-electron chi connectivity index (χ1n) is 5.55. The molecular formula is C14H12ClFN2O. The number of hydrogen-bond donors (Lipinski definition) is 2. The van der Waals surface area contributed by atoms with Crippen LogP contribution in [0.2, 0.25) is 5.02 Å². The van der Waals surface area contributed by atoms with E-state index in [0.717, 1.165) is 5.56 Å². The number of halogens is 2. The Balaban J connectivity index is 2.26. The second kappa shape index (κ2) is 5.28. The average molecular weight is 279 g/mol. The van der Waals surface area contributed by atoms with E-state index in [2.05, 4.69) is 0 Å². The molecule has 0 bridgehead atoms. The van der Waals surface area contributed by atoms with E-state index in [4.69, 9.17) is 27.5 Å². The molecule has 98 valence electrons. The van der Waals surface area contributed by atoms with E-state index in [1.807, 2.05) is 6.92 Å². The lowest BCUT2D eigenvalue weighted by Gasteiger charge is -2.09. The van der Waals surface area contributed by atoms with Gasteiger partial charge in [0.15, 0.2) is 0 Å². The van der Waals surface area contributed by atoms with Gasteiger partial charge in [0.2, 0.25) is 0 Å². The smallest absolute Gasteiger partial charge is 0.145 e. The van der Waals surface area contributed by atoms with Gasteiger partial charge in [0, 0.05) is 11.6 Å². The van der Waals surface area contributed by atoms with Gasteiger partial charge in [0.25, 0.3) is 0 Å². The predicted octanol–water partition coefficient (Wildman–Crippen LogP) is 3.86. The second-order valence-corrected chi connectivity index (χ2v) is 4.48. The first-order chi connectivity index (χ1) is 8.97. The average Bonchev–Trinajstić information content (AvgIpc) is 2.33. The van der Waals surface area contributed by atoms with Gasteiger partial charge in [-0.25, -0.2) is 4.39 Å². The summed E-state index contributed by atoms with van der Waals surface area (Å²) in [6, 6.07) is 9.35. The monoisotopic (exact) mass is 278 g/mol. The summed E-state index contributed by atoms with van der Waals surface area (Å²) >= 11 is 5.60. The van der Waals surface area contributed by atoms with Crippen LogP contribution in [0.25, 0.3) is 0 Å². The lowest BCUT2D eigenvalue weighted by molar-refractivity contribution is 0.476. The van der Waals surface area contributed by atoms with Crippen molar-refractivity contribution in [2.24, 2.45) is 5.73 Å². The molecule has 0 aromatic heterocycles. The van der Waals surface area contributed by atoms with Crippen molar-refractivity contribution < 1.29 is 9.13 Å². The van der Waals surface area contributed by atoms with Crippen LogP contribution < -0.4 is 10.5 Å². The predicted molar refractivity (Wildman–Crippen MR) is 73.7 cm³/mol. The molecule has 0 amide bonds. The van der Waals surface area contributed by atoms with Gasteiger partial charge in [-0.05, 0) is 42.8 Å². The quantitative estimate of drug-likeness (QED) is 0.661. The van der Waals surface area contributed by atoms with Crippen molar-refractivity contribution in [2.45, 2.75) is 6.92 Å². The number of hydrogen-bond acceptors (Lipinski definition) is 2. The van der Waals surface area contributed by atoms with Gasteiger partial charge in [0.05, 0.1) is 5.02 Å². The van der Waals surface area contributed by atoms with Crippen LogP contribution in [0.1, 0.15) is 11.1 Å². The van der Waals surface area contributed by atoms with Gasteiger partial charge in [0.1, 0.15) is 23.2 Å². The van der Waals surface area contributed by atoms with Crippen molar-refractivity contribution in [3.63, 3.8) is 0 Å². The molecule has 5 heteroatoms. The zero-order valence-electron chi connectivity index (χ0n) is 10.2. The fraction of sp³-hybridized carbons (Fsp3) is 0.0714. The Morgan fingerprint density at radius 1 is 1.21 bits per heavy atom. The summed E-state index contributed by atoms with van der Waals surface area (Å²) in [5, 5.41) is 7.44. The van der Waals surface area contributed by atoms with E-state index in [-0.39, 0.29) is 10.9 Å². The summed E-state index contributed by atoms with van der Waals surface area (Å²) in [6.45, 7) is 1.83. The molecule has 0 unspecified atom stereocenters. The van der Waals surface area contributed by atoms with Crippen molar-refractivity contribution in [3.8, 4) is 11.5 Å². The summed E-state index contributed by atoms with van der Waals surface area (Å²) < 4.78 is 18.8. The maximum Gasteiger partial charge on any atom is 0.145 e. The topological polar surface area (TPSA) is 59.1 Å². The molecule has 0 radical (unpaired) electrons. The van der Waals surface area contributed by atoms with Crippen molar-refractivity contribution in [1.29, 1.82) is 5.41 Å². The minimum atomic E-state index is -0.531. The lowest BCUT2D eigenvalue weighted by Crippen LogP contribution is -2.12. The number of ether oxygens (including phenoxy) is 1. The first kappa shape index (κ1) is 13.4. The molecule has 0 atom stereocenters. The highest BCUT2D eigenvalue weighted by molar-refractivity contribution is 6.30. The number of nitrogens with one attached hydrogen (secondary N) is 1. The molecule has 2 rings (SSSR count). The molecule has 3 N–H and O–H groups in total. The number of rotatable bonds is 3. The van der Waals surface area contributed by atoms with Crippen LogP contribution in [0, 0.1) is 18.2 Å². The molecule has 0 aliphatic rings. The van der Waals surface area contributed by atoms with Gasteiger partial charge >= 0.3 is 0 Å². The van der Waals surface area contributed by atoms with E-state index < -0.39 is 5.82 Å². The van der Waals surface area contributed by atoms with E-state index in [1.54, 1.807) is 24.3 Å². The summed E-state index contributed by atoms with van der Waals surface area (Å²) in [6.07, 6.45) is 0. The van der Waals surface area contributed by atoms with E-state index in [0.29, 0.717) is 17.1 Å². The third kappa shape index (κ3) is 3.03. The first-order valence-corrected chi connectivity index (χ1v) is 5.93. The molecule has 2 aromatic rings. The van der Waals surface area contributed by atoms with Crippen LogP contribution in [-0.2, 0) is 0 Å². The van der Waals surface area contributed by atoms with Crippen LogP contribution in [0.3, 0.4) is 0 Å². The van der Waals surface area contributed by atoms with Gasteiger partial charge in [-0.1, -0.05) is 11.6 Å². The number of nitrogen functional groups attached to an aromatic ring is 1. The summed E-state index contributed by atoms with van der Waals surface area (Å²) in [7, 11) is 0. The lowest BCUT2D eigenvalue weighted by atomic mass is 10.1. The SMILES string of the molecule is Cc1cc(Oc2ccc(Cl)c(F)c2)ccc1C(=N)N. The Morgan fingerprint density at radius 2 is 1.84 bits per heavy atom. The molecule has 0 saturated carbocycles. The van der Waals surface area contributed by atoms with Gasteiger partial charge < -0.3 is 10.5 Å². The normalized spacial score (nSPS) is 10.3. The molecule has 0 fully saturated rings. The maximum atomic E-state index is 13.3. The Hall–Kier alpha value is -2.07. The molecule has 0 heterocycles. The van der Waals surface area contributed by atoms with Crippen molar-refractivity contribution >= 4 is 17.4 Å². The Morgan fingerprint density at radius 3 is 2.42 bits per heavy atom. The highest BCUT2D eigenvalue weighted by Crippen LogP contribution is 2.26.